The van der Waals surface area contributed by atoms with Crippen molar-refractivity contribution in [1.29, 1.82) is 0 Å². The van der Waals surface area contributed by atoms with Crippen molar-refractivity contribution in [2.24, 2.45) is 0 Å². The van der Waals surface area contributed by atoms with Crippen molar-refractivity contribution < 1.29 is 28.1 Å². The van der Waals surface area contributed by atoms with E-state index in [1.807, 2.05) is 32.9 Å². The molecule has 0 aliphatic carbocycles. The van der Waals surface area contributed by atoms with Crippen molar-refractivity contribution in [2.75, 3.05) is 63.5 Å². The summed E-state index contributed by atoms with van der Waals surface area (Å²) in [5.41, 5.74) is 2.35. The number of ether oxygens (including phenoxy) is 4. The number of rotatable bonds is 8. The Bertz CT molecular complexity index is 1650. The maximum Gasteiger partial charge on any atom is 0.411 e. The zero-order valence-electron chi connectivity index (χ0n) is 28.7. The van der Waals surface area contributed by atoms with Gasteiger partial charge in [0, 0.05) is 61.9 Å². The lowest BCUT2D eigenvalue weighted by atomic mass is 10.0. The van der Waals surface area contributed by atoms with E-state index < -0.39 is 23.9 Å². The van der Waals surface area contributed by atoms with E-state index in [0.29, 0.717) is 44.7 Å². The van der Waals surface area contributed by atoms with Crippen LogP contribution in [0.2, 0.25) is 0 Å². The third-order valence-electron chi connectivity index (χ3n) is 10.0. The van der Waals surface area contributed by atoms with Gasteiger partial charge in [0.1, 0.15) is 29.9 Å². The van der Waals surface area contributed by atoms with Gasteiger partial charge in [-0.05, 0) is 65.1 Å². The molecule has 0 radical (unpaired) electrons. The zero-order chi connectivity index (χ0) is 33.6. The average molecular weight is 663 g/mol. The van der Waals surface area contributed by atoms with E-state index in [0.717, 1.165) is 65.2 Å². The van der Waals surface area contributed by atoms with E-state index in [1.54, 1.807) is 12.0 Å². The molecule has 11 nitrogen and oxygen atoms in total. The number of benzene rings is 2. The smallest absolute Gasteiger partial charge is 0.411 e. The molecule has 3 aromatic rings. The lowest BCUT2D eigenvalue weighted by Gasteiger charge is -2.43. The molecule has 7 rings (SSSR count). The summed E-state index contributed by atoms with van der Waals surface area (Å²) in [7, 11) is 3.74. The molecule has 3 fully saturated rings. The largest absolute Gasteiger partial charge is 0.467 e. The molecular formula is C36H47FN6O5. The van der Waals surface area contributed by atoms with Gasteiger partial charge in [-0.3, -0.25) is 4.90 Å². The molecule has 4 atom stereocenters. The third kappa shape index (κ3) is 6.56. The van der Waals surface area contributed by atoms with Gasteiger partial charge in [0.05, 0.1) is 24.3 Å². The number of methoxy groups -OCH3 is 1. The molecule has 1 amide bonds. The Hall–Kier alpha value is -3.90. The van der Waals surface area contributed by atoms with Crippen LogP contribution >= 0.6 is 0 Å². The van der Waals surface area contributed by atoms with E-state index in [1.165, 1.54) is 0 Å². The van der Waals surface area contributed by atoms with Gasteiger partial charge in [-0.15, -0.1) is 0 Å². The molecule has 4 aliphatic heterocycles. The number of piperazine rings is 1. The highest BCUT2D eigenvalue weighted by molar-refractivity contribution is 5.95. The zero-order valence-corrected chi connectivity index (χ0v) is 28.7. The highest BCUT2D eigenvalue weighted by Crippen LogP contribution is 2.40. The lowest BCUT2D eigenvalue weighted by molar-refractivity contribution is 0.00948. The summed E-state index contributed by atoms with van der Waals surface area (Å²) in [4.78, 5) is 31.6. The van der Waals surface area contributed by atoms with Crippen molar-refractivity contribution in [3.63, 3.8) is 0 Å². The van der Waals surface area contributed by atoms with Crippen LogP contribution in [0.3, 0.4) is 0 Å². The number of fused-ring (bicyclic) bond motifs is 4. The van der Waals surface area contributed by atoms with Crippen molar-refractivity contribution in [2.45, 2.75) is 82.9 Å². The molecule has 0 saturated carbocycles. The monoisotopic (exact) mass is 662 g/mol. The second-order valence-corrected chi connectivity index (χ2v) is 14.5. The first-order chi connectivity index (χ1) is 23.1. The highest BCUT2D eigenvalue weighted by Gasteiger charge is 2.51. The number of aromatic nitrogens is 2. The molecule has 0 spiro atoms. The van der Waals surface area contributed by atoms with Crippen LogP contribution in [0.1, 0.15) is 51.3 Å². The Kier molecular flexibility index (Phi) is 8.97. The number of alkyl halides is 1. The number of likely N-dealkylation sites (tertiary alicyclic amines) is 1. The van der Waals surface area contributed by atoms with Crippen LogP contribution in [0.5, 0.6) is 11.8 Å². The lowest BCUT2D eigenvalue weighted by Crippen LogP contribution is -2.58. The van der Waals surface area contributed by atoms with E-state index in [4.69, 9.17) is 28.9 Å². The minimum Gasteiger partial charge on any atom is -0.467 e. The summed E-state index contributed by atoms with van der Waals surface area (Å²) in [5, 5.41) is 2.21. The average Bonchev–Trinajstić information content (AvgIpc) is 3.56. The number of carbonyl (C=O) groups excluding carboxylic acids is 1. The SMILES string of the molecule is COCOc1cc(N2CCc3c(nc(OCC4CCCN4C)nc3N3CC4CC(F)C(C3)N4C(=O)OC(C)(C)C)C2)c2ccccc2c1. The number of hydrogen-bond donors (Lipinski definition) is 0. The van der Waals surface area contributed by atoms with Crippen molar-refractivity contribution in [3.05, 3.63) is 47.7 Å². The fourth-order valence-corrected chi connectivity index (χ4v) is 7.68. The van der Waals surface area contributed by atoms with E-state index in [-0.39, 0.29) is 19.3 Å². The molecule has 2 aromatic carbocycles. The Morgan fingerprint density at radius 1 is 1.06 bits per heavy atom. The predicted molar refractivity (Wildman–Crippen MR) is 182 cm³/mol. The van der Waals surface area contributed by atoms with Gasteiger partial charge in [-0.25, -0.2) is 9.18 Å². The molecule has 4 unspecified atom stereocenters. The van der Waals surface area contributed by atoms with Gasteiger partial charge in [-0.1, -0.05) is 24.3 Å². The maximum atomic E-state index is 15.5. The van der Waals surface area contributed by atoms with Crippen LogP contribution in [0.25, 0.3) is 10.8 Å². The normalized spacial score (nSPS) is 24.2. The van der Waals surface area contributed by atoms with Crippen LogP contribution < -0.4 is 19.3 Å². The number of nitrogens with zero attached hydrogens (tertiary/aromatic N) is 6. The van der Waals surface area contributed by atoms with E-state index in [2.05, 4.69) is 46.0 Å². The van der Waals surface area contributed by atoms with E-state index in [9.17, 15) is 4.79 Å². The molecular weight excluding hydrogens is 615 g/mol. The van der Waals surface area contributed by atoms with Crippen LogP contribution in [0, 0.1) is 0 Å². The molecule has 258 valence electrons. The second-order valence-electron chi connectivity index (χ2n) is 14.5. The molecule has 0 N–H and O–H groups in total. The Balaban J connectivity index is 1.21. The van der Waals surface area contributed by atoms with Crippen LogP contribution in [0.4, 0.5) is 20.7 Å². The van der Waals surface area contributed by atoms with Crippen molar-refractivity contribution in [3.8, 4) is 11.8 Å². The quantitative estimate of drug-likeness (QED) is 0.301. The van der Waals surface area contributed by atoms with Gasteiger partial charge < -0.3 is 33.6 Å². The molecule has 12 heteroatoms. The first-order valence-electron chi connectivity index (χ1n) is 17.1. The van der Waals surface area contributed by atoms with Gasteiger partial charge >= 0.3 is 12.1 Å². The fraction of sp³-hybridized carbons (Fsp3) is 0.583. The number of anilines is 2. The maximum absolute atomic E-state index is 15.5. The molecule has 48 heavy (non-hydrogen) atoms. The summed E-state index contributed by atoms with van der Waals surface area (Å²) >= 11 is 0. The minimum atomic E-state index is -1.13. The molecule has 4 aliphatic rings. The Morgan fingerprint density at radius 2 is 1.90 bits per heavy atom. The van der Waals surface area contributed by atoms with Gasteiger partial charge in [0.15, 0.2) is 6.79 Å². The van der Waals surface area contributed by atoms with Gasteiger partial charge in [-0.2, -0.15) is 9.97 Å². The number of carbonyl (C=O) groups is 1. The van der Waals surface area contributed by atoms with Crippen molar-refractivity contribution in [1.82, 2.24) is 19.8 Å². The molecule has 5 heterocycles. The first-order valence-corrected chi connectivity index (χ1v) is 17.1. The predicted octanol–water partition coefficient (Wildman–Crippen LogP) is 5.18. The first kappa shape index (κ1) is 32.6. The standard InChI is InChI=1S/C36H47FN6O5/c1-36(2,3)48-35(44)43-25-16-29(37)32(43)20-42(18-25)33-28-12-14-41(19-30(28)38-34(39-33)46-21-24-10-8-13-40(24)4)31-17-26(47-22-45-5)15-23-9-6-7-11-27(23)31/h6-7,9,11,15,17,24-25,29,32H,8,10,12-14,16,18-22H2,1-5H3. The van der Waals surface area contributed by atoms with Crippen LogP contribution in [0.15, 0.2) is 36.4 Å². The Labute approximate surface area is 281 Å². The molecule has 2 bridgehead atoms. The van der Waals surface area contributed by atoms with Gasteiger partial charge in [0.2, 0.25) is 0 Å². The highest BCUT2D eigenvalue weighted by atomic mass is 19.1. The number of amides is 1. The van der Waals surface area contributed by atoms with Crippen LogP contribution in [-0.4, -0.2) is 109 Å². The summed E-state index contributed by atoms with van der Waals surface area (Å²) in [6, 6.07) is 12.1. The summed E-state index contributed by atoms with van der Waals surface area (Å²) in [5.74, 6) is 1.52. The summed E-state index contributed by atoms with van der Waals surface area (Å²) in [6.45, 7) is 9.33. The number of hydrogen-bond acceptors (Lipinski definition) is 10. The third-order valence-corrected chi connectivity index (χ3v) is 10.0. The Morgan fingerprint density at radius 3 is 2.65 bits per heavy atom. The number of halogens is 1. The second kappa shape index (κ2) is 13.2. The molecule has 3 saturated heterocycles. The topological polar surface area (TPSA) is 92.7 Å². The van der Waals surface area contributed by atoms with E-state index >= 15 is 4.39 Å². The summed E-state index contributed by atoms with van der Waals surface area (Å²) < 4.78 is 38.6. The minimum absolute atomic E-state index is 0.164. The van der Waals surface area contributed by atoms with Crippen molar-refractivity contribution >= 4 is 28.4 Å². The van der Waals surface area contributed by atoms with Crippen LogP contribution in [-0.2, 0) is 22.4 Å². The van der Waals surface area contributed by atoms with Gasteiger partial charge in [0.25, 0.3) is 0 Å². The molecule has 1 aromatic heterocycles. The number of likely N-dealkylation sites (N-methyl/N-ethyl adjacent to an activating group) is 1. The fourth-order valence-electron chi connectivity index (χ4n) is 7.68. The summed E-state index contributed by atoms with van der Waals surface area (Å²) in [6.07, 6.45) is 1.62.